The highest BCUT2D eigenvalue weighted by molar-refractivity contribution is 5.96. The molecular formula is C16H21ClN2O3. The number of carbonyl (C=O) groups excluding carboxylic acids is 1. The number of amides is 1. The van der Waals surface area contributed by atoms with Crippen LogP contribution in [0.25, 0.3) is 11.0 Å². The zero-order valence-corrected chi connectivity index (χ0v) is 13.8. The molecule has 0 spiro atoms. The summed E-state index contributed by atoms with van der Waals surface area (Å²) in [5.74, 6) is -0.351. The van der Waals surface area contributed by atoms with Crippen molar-refractivity contribution in [3.05, 3.63) is 46.3 Å². The Hall–Kier alpha value is -1.85. The van der Waals surface area contributed by atoms with Gasteiger partial charge < -0.3 is 15.1 Å². The zero-order valence-electron chi connectivity index (χ0n) is 13.0. The third-order valence-corrected chi connectivity index (χ3v) is 3.44. The minimum Gasteiger partial charge on any atom is -0.422 e. The van der Waals surface area contributed by atoms with Crippen molar-refractivity contribution in [1.29, 1.82) is 0 Å². The van der Waals surface area contributed by atoms with Crippen molar-refractivity contribution < 1.29 is 9.21 Å². The van der Waals surface area contributed by atoms with Gasteiger partial charge in [-0.1, -0.05) is 32.0 Å². The van der Waals surface area contributed by atoms with E-state index in [4.69, 9.17) is 10.2 Å². The Morgan fingerprint density at radius 2 is 1.95 bits per heavy atom. The smallest absolute Gasteiger partial charge is 0.349 e. The summed E-state index contributed by atoms with van der Waals surface area (Å²) < 4.78 is 5.19. The Kier molecular flexibility index (Phi) is 5.74. The highest BCUT2D eigenvalue weighted by Crippen LogP contribution is 2.17. The van der Waals surface area contributed by atoms with E-state index in [1.807, 2.05) is 19.9 Å². The monoisotopic (exact) mass is 324 g/mol. The normalized spacial score (nSPS) is 11.1. The third-order valence-electron chi connectivity index (χ3n) is 3.44. The Balaban J connectivity index is 0.00000242. The second kappa shape index (κ2) is 6.94. The molecule has 2 N–H and O–H groups in total. The van der Waals surface area contributed by atoms with E-state index in [1.54, 1.807) is 31.3 Å². The maximum absolute atomic E-state index is 12.4. The molecule has 2 rings (SSSR count). The minimum absolute atomic E-state index is 0. The molecule has 22 heavy (non-hydrogen) atoms. The Morgan fingerprint density at radius 3 is 2.59 bits per heavy atom. The first kappa shape index (κ1) is 18.2. The zero-order chi connectivity index (χ0) is 15.6. The molecule has 120 valence electrons. The average Bonchev–Trinajstić information content (AvgIpc) is 2.45. The second-order valence-electron chi connectivity index (χ2n) is 6.01. The van der Waals surface area contributed by atoms with E-state index >= 15 is 0 Å². The minimum atomic E-state index is -0.615. The van der Waals surface area contributed by atoms with E-state index in [9.17, 15) is 9.59 Å². The molecule has 1 amide bonds. The molecule has 1 aromatic heterocycles. The van der Waals surface area contributed by atoms with Gasteiger partial charge in [0.25, 0.3) is 5.91 Å². The number of para-hydroxylation sites is 1. The van der Waals surface area contributed by atoms with Crippen LogP contribution in [0.5, 0.6) is 0 Å². The van der Waals surface area contributed by atoms with E-state index in [2.05, 4.69) is 0 Å². The molecule has 5 nitrogen and oxygen atoms in total. The summed E-state index contributed by atoms with van der Waals surface area (Å²) in [5.41, 5.74) is 5.38. The molecule has 1 aromatic carbocycles. The predicted octanol–water partition coefficient (Wildman–Crippen LogP) is 2.27. The fourth-order valence-electron chi connectivity index (χ4n) is 2.20. The van der Waals surface area contributed by atoms with Crippen LogP contribution in [0, 0.1) is 5.41 Å². The molecule has 0 unspecified atom stereocenters. The van der Waals surface area contributed by atoms with E-state index in [-0.39, 0.29) is 29.3 Å². The maximum Gasteiger partial charge on any atom is 0.349 e. The van der Waals surface area contributed by atoms with Gasteiger partial charge in [0.05, 0.1) is 0 Å². The largest absolute Gasteiger partial charge is 0.422 e. The number of halogens is 1. The van der Waals surface area contributed by atoms with Crippen LogP contribution >= 0.6 is 12.4 Å². The molecule has 0 saturated heterocycles. The molecule has 0 bridgehead atoms. The fraction of sp³-hybridized carbons (Fsp3) is 0.375. The lowest BCUT2D eigenvalue weighted by molar-refractivity contribution is 0.0736. The number of hydrogen-bond acceptors (Lipinski definition) is 4. The Bertz CT molecular complexity index is 725. The number of benzene rings is 1. The summed E-state index contributed by atoms with van der Waals surface area (Å²) in [5, 5.41) is 0.729. The first-order chi connectivity index (χ1) is 9.84. The second-order valence-corrected chi connectivity index (χ2v) is 6.01. The molecule has 6 heteroatoms. The molecule has 0 radical (unpaired) electrons. The summed E-state index contributed by atoms with van der Waals surface area (Å²) in [4.78, 5) is 25.9. The van der Waals surface area contributed by atoms with E-state index in [0.717, 1.165) is 5.39 Å². The molecule has 1 heterocycles. The summed E-state index contributed by atoms with van der Waals surface area (Å²) in [6, 6.07) is 8.70. The Morgan fingerprint density at radius 1 is 1.32 bits per heavy atom. The molecule has 2 aromatic rings. The van der Waals surface area contributed by atoms with Crippen LogP contribution in [0.15, 0.2) is 39.5 Å². The summed E-state index contributed by atoms with van der Waals surface area (Å²) in [7, 11) is 1.66. The molecule has 0 atom stereocenters. The van der Waals surface area contributed by atoms with Crippen molar-refractivity contribution in [3.63, 3.8) is 0 Å². The van der Waals surface area contributed by atoms with E-state index in [0.29, 0.717) is 18.7 Å². The highest BCUT2D eigenvalue weighted by atomic mass is 35.5. The van der Waals surface area contributed by atoms with Gasteiger partial charge in [0.1, 0.15) is 11.1 Å². The molecule has 0 aliphatic carbocycles. The molecule has 0 saturated carbocycles. The van der Waals surface area contributed by atoms with Crippen molar-refractivity contribution in [3.8, 4) is 0 Å². The third kappa shape index (κ3) is 3.87. The van der Waals surface area contributed by atoms with Gasteiger partial charge in [0, 0.05) is 19.0 Å². The van der Waals surface area contributed by atoms with Crippen molar-refractivity contribution in [2.24, 2.45) is 11.1 Å². The topological polar surface area (TPSA) is 76.5 Å². The molecular weight excluding hydrogens is 304 g/mol. The van der Waals surface area contributed by atoms with Crippen LogP contribution in [0.3, 0.4) is 0 Å². The number of nitrogens with two attached hydrogens (primary N) is 1. The molecule has 0 aliphatic rings. The van der Waals surface area contributed by atoms with Crippen molar-refractivity contribution in [2.45, 2.75) is 13.8 Å². The standard InChI is InChI=1S/C16H20N2O3.ClH/c1-16(2,9-17)10-18(3)14(19)12-8-11-6-4-5-7-13(11)21-15(12)20;/h4-8H,9-10,17H2,1-3H3;1H. The first-order valence-electron chi connectivity index (χ1n) is 6.82. The maximum atomic E-state index is 12.4. The van der Waals surface area contributed by atoms with Crippen LogP contribution < -0.4 is 11.4 Å². The van der Waals surface area contributed by atoms with Gasteiger partial charge in [0.2, 0.25) is 0 Å². The van der Waals surface area contributed by atoms with Gasteiger partial charge >= 0.3 is 5.63 Å². The van der Waals surface area contributed by atoms with Crippen molar-refractivity contribution in [2.75, 3.05) is 20.1 Å². The lowest BCUT2D eigenvalue weighted by Gasteiger charge is -2.28. The summed E-state index contributed by atoms with van der Waals surface area (Å²) in [6.45, 7) is 4.87. The molecule has 0 aliphatic heterocycles. The lowest BCUT2D eigenvalue weighted by atomic mass is 9.93. The van der Waals surface area contributed by atoms with Gasteiger partial charge in [-0.3, -0.25) is 4.79 Å². The number of fused-ring (bicyclic) bond motifs is 1. The summed E-state index contributed by atoms with van der Waals surface area (Å²) >= 11 is 0. The number of nitrogens with zero attached hydrogens (tertiary/aromatic N) is 1. The predicted molar refractivity (Wildman–Crippen MR) is 89.5 cm³/mol. The van der Waals surface area contributed by atoms with Gasteiger partial charge in [-0.25, -0.2) is 4.79 Å². The van der Waals surface area contributed by atoms with Gasteiger partial charge in [-0.05, 0) is 24.1 Å². The summed E-state index contributed by atoms with van der Waals surface area (Å²) in [6.07, 6.45) is 0. The van der Waals surface area contributed by atoms with Crippen LogP contribution in [0.1, 0.15) is 24.2 Å². The van der Waals surface area contributed by atoms with Gasteiger partial charge in [-0.15, -0.1) is 12.4 Å². The van der Waals surface area contributed by atoms with Crippen LogP contribution in [-0.2, 0) is 0 Å². The van der Waals surface area contributed by atoms with E-state index < -0.39 is 5.63 Å². The van der Waals surface area contributed by atoms with E-state index in [1.165, 1.54) is 4.90 Å². The first-order valence-corrected chi connectivity index (χ1v) is 6.82. The van der Waals surface area contributed by atoms with Gasteiger partial charge in [-0.2, -0.15) is 0 Å². The molecule has 0 fully saturated rings. The quantitative estimate of drug-likeness (QED) is 0.875. The SMILES string of the molecule is CN(CC(C)(C)CN)C(=O)c1cc2ccccc2oc1=O.Cl. The van der Waals surface area contributed by atoms with Gasteiger partial charge in [0.15, 0.2) is 0 Å². The van der Waals surface area contributed by atoms with Crippen LogP contribution in [0.4, 0.5) is 0 Å². The number of carbonyl (C=O) groups is 1. The fourth-order valence-corrected chi connectivity index (χ4v) is 2.20. The highest BCUT2D eigenvalue weighted by Gasteiger charge is 2.24. The van der Waals surface area contributed by atoms with Crippen molar-refractivity contribution >= 4 is 29.3 Å². The number of rotatable bonds is 4. The lowest BCUT2D eigenvalue weighted by Crippen LogP contribution is -2.41. The average molecular weight is 325 g/mol. The number of hydrogen-bond donors (Lipinski definition) is 1. The Labute approximate surface area is 135 Å². The van der Waals surface area contributed by atoms with Crippen LogP contribution in [0.2, 0.25) is 0 Å². The van der Waals surface area contributed by atoms with Crippen molar-refractivity contribution in [1.82, 2.24) is 4.90 Å². The van der Waals surface area contributed by atoms with Crippen LogP contribution in [-0.4, -0.2) is 30.9 Å².